The molecule has 4 nitrogen and oxygen atoms in total. The van der Waals surface area contributed by atoms with E-state index in [-0.39, 0.29) is 0 Å². The summed E-state index contributed by atoms with van der Waals surface area (Å²) >= 11 is 0. The van der Waals surface area contributed by atoms with E-state index < -0.39 is 0 Å². The van der Waals surface area contributed by atoms with E-state index in [0.717, 1.165) is 51.2 Å². The summed E-state index contributed by atoms with van der Waals surface area (Å²) in [6.45, 7) is 7.60. The normalized spacial score (nSPS) is 15.4. The van der Waals surface area contributed by atoms with Crippen LogP contribution in [0.15, 0.2) is 22.8 Å². The van der Waals surface area contributed by atoms with Crippen LogP contribution in [0.1, 0.15) is 25.5 Å². The van der Waals surface area contributed by atoms with Gasteiger partial charge in [0, 0.05) is 32.3 Å². The molecule has 0 saturated heterocycles. The highest BCUT2D eigenvalue weighted by molar-refractivity contribution is 4.99. The summed E-state index contributed by atoms with van der Waals surface area (Å²) in [5.74, 6) is 1.07. The Kier molecular flexibility index (Phi) is 5.71. The van der Waals surface area contributed by atoms with Crippen LogP contribution in [0.2, 0.25) is 0 Å². The van der Waals surface area contributed by atoms with Gasteiger partial charge in [-0.15, -0.1) is 0 Å². The third kappa shape index (κ3) is 4.80. The van der Waals surface area contributed by atoms with E-state index in [1.54, 1.807) is 6.26 Å². The van der Waals surface area contributed by atoms with E-state index in [4.69, 9.17) is 9.15 Å². The SMILES string of the molecule is CCOCCNCCN(Cc1ccco1)C1CC1. The summed E-state index contributed by atoms with van der Waals surface area (Å²) in [7, 11) is 0. The summed E-state index contributed by atoms with van der Waals surface area (Å²) in [5.41, 5.74) is 0. The second-order valence-electron chi connectivity index (χ2n) is 4.73. The van der Waals surface area contributed by atoms with Crippen molar-refractivity contribution in [3.63, 3.8) is 0 Å². The molecule has 1 fully saturated rings. The second kappa shape index (κ2) is 7.56. The Bertz CT molecular complexity index is 310. The molecule has 1 heterocycles. The molecular weight excluding hydrogens is 228 g/mol. The van der Waals surface area contributed by atoms with E-state index in [2.05, 4.69) is 16.3 Å². The van der Waals surface area contributed by atoms with Crippen molar-refractivity contribution >= 4 is 0 Å². The van der Waals surface area contributed by atoms with Crippen LogP contribution < -0.4 is 5.32 Å². The van der Waals surface area contributed by atoms with Crippen LogP contribution in [-0.2, 0) is 11.3 Å². The third-order valence-electron chi connectivity index (χ3n) is 3.21. The molecule has 4 heteroatoms. The summed E-state index contributed by atoms with van der Waals surface area (Å²) < 4.78 is 10.7. The first-order chi connectivity index (χ1) is 8.90. The molecule has 0 radical (unpaired) electrons. The largest absolute Gasteiger partial charge is 0.468 e. The van der Waals surface area contributed by atoms with Gasteiger partial charge in [0.2, 0.25) is 0 Å². The van der Waals surface area contributed by atoms with Gasteiger partial charge >= 0.3 is 0 Å². The third-order valence-corrected chi connectivity index (χ3v) is 3.21. The van der Waals surface area contributed by atoms with E-state index in [1.807, 2.05) is 13.0 Å². The molecule has 0 bridgehead atoms. The fraction of sp³-hybridized carbons (Fsp3) is 0.714. The fourth-order valence-electron chi connectivity index (χ4n) is 2.07. The molecule has 1 N–H and O–H groups in total. The highest BCUT2D eigenvalue weighted by Crippen LogP contribution is 2.27. The lowest BCUT2D eigenvalue weighted by molar-refractivity contribution is 0.147. The van der Waals surface area contributed by atoms with Crippen LogP contribution in [0.25, 0.3) is 0 Å². The van der Waals surface area contributed by atoms with Gasteiger partial charge in [0.05, 0.1) is 19.4 Å². The molecule has 0 aliphatic heterocycles. The van der Waals surface area contributed by atoms with E-state index in [9.17, 15) is 0 Å². The first kappa shape index (κ1) is 13.6. The van der Waals surface area contributed by atoms with E-state index in [0.29, 0.717) is 0 Å². The topological polar surface area (TPSA) is 37.6 Å². The smallest absolute Gasteiger partial charge is 0.117 e. The maximum Gasteiger partial charge on any atom is 0.117 e. The number of furan rings is 1. The van der Waals surface area contributed by atoms with E-state index in [1.165, 1.54) is 12.8 Å². The van der Waals surface area contributed by atoms with Crippen molar-refractivity contribution < 1.29 is 9.15 Å². The Hall–Kier alpha value is -0.840. The molecule has 102 valence electrons. The molecule has 1 aromatic heterocycles. The lowest BCUT2D eigenvalue weighted by Gasteiger charge is -2.20. The molecular formula is C14H24N2O2. The van der Waals surface area contributed by atoms with Crippen molar-refractivity contribution in [1.82, 2.24) is 10.2 Å². The van der Waals surface area contributed by atoms with Crippen LogP contribution in [-0.4, -0.2) is 43.8 Å². The van der Waals surface area contributed by atoms with Gasteiger partial charge in [0.1, 0.15) is 5.76 Å². The first-order valence-corrected chi connectivity index (χ1v) is 6.95. The van der Waals surface area contributed by atoms with Crippen molar-refractivity contribution in [2.45, 2.75) is 32.4 Å². The molecule has 1 aliphatic carbocycles. The minimum atomic E-state index is 0.767. The van der Waals surface area contributed by atoms with Crippen molar-refractivity contribution in [3.05, 3.63) is 24.2 Å². The minimum Gasteiger partial charge on any atom is -0.468 e. The number of ether oxygens (including phenoxy) is 1. The van der Waals surface area contributed by atoms with Gasteiger partial charge in [0.15, 0.2) is 0 Å². The van der Waals surface area contributed by atoms with E-state index >= 15 is 0 Å². The summed E-state index contributed by atoms with van der Waals surface area (Å²) in [6, 6.07) is 4.78. The Balaban J connectivity index is 1.61. The molecule has 0 atom stereocenters. The molecule has 0 spiro atoms. The molecule has 1 aliphatic rings. The molecule has 18 heavy (non-hydrogen) atoms. The Morgan fingerprint density at radius 1 is 1.44 bits per heavy atom. The zero-order valence-corrected chi connectivity index (χ0v) is 11.2. The van der Waals surface area contributed by atoms with Gasteiger partial charge in [-0.25, -0.2) is 0 Å². The molecule has 0 aromatic carbocycles. The number of hydrogen-bond acceptors (Lipinski definition) is 4. The highest BCUT2D eigenvalue weighted by Gasteiger charge is 2.28. The highest BCUT2D eigenvalue weighted by atomic mass is 16.5. The number of rotatable bonds is 10. The maximum absolute atomic E-state index is 5.42. The van der Waals surface area contributed by atoms with Gasteiger partial charge in [-0.05, 0) is 31.9 Å². The first-order valence-electron chi connectivity index (χ1n) is 6.95. The monoisotopic (exact) mass is 252 g/mol. The number of nitrogens with one attached hydrogen (secondary N) is 1. The summed E-state index contributed by atoms with van der Waals surface area (Å²) in [5, 5.41) is 3.42. The summed E-state index contributed by atoms with van der Waals surface area (Å²) in [6.07, 6.45) is 4.42. The standard InChI is InChI=1S/C14H24N2O2/c1-2-17-11-8-15-7-9-16(13-5-6-13)12-14-4-3-10-18-14/h3-4,10,13,15H,2,5-9,11-12H2,1H3. The predicted octanol–water partition coefficient (Wildman–Crippen LogP) is 1.87. The van der Waals surface area contributed by atoms with Crippen molar-refractivity contribution in [3.8, 4) is 0 Å². The Morgan fingerprint density at radius 3 is 3.00 bits per heavy atom. The van der Waals surface area contributed by atoms with Crippen LogP contribution in [0.4, 0.5) is 0 Å². The average Bonchev–Trinajstić information content (AvgIpc) is 3.10. The fourth-order valence-corrected chi connectivity index (χ4v) is 2.07. The van der Waals surface area contributed by atoms with Crippen LogP contribution in [0.5, 0.6) is 0 Å². The maximum atomic E-state index is 5.42. The molecule has 1 aromatic rings. The molecule has 2 rings (SSSR count). The van der Waals surface area contributed by atoms with Gasteiger partial charge in [-0.2, -0.15) is 0 Å². The minimum absolute atomic E-state index is 0.767. The zero-order valence-electron chi connectivity index (χ0n) is 11.2. The number of hydrogen-bond donors (Lipinski definition) is 1. The van der Waals surface area contributed by atoms with Gasteiger partial charge in [-0.3, -0.25) is 4.90 Å². The quantitative estimate of drug-likeness (QED) is 0.645. The van der Waals surface area contributed by atoms with Crippen LogP contribution in [0.3, 0.4) is 0 Å². The second-order valence-corrected chi connectivity index (χ2v) is 4.73. The molecule has 0 amide bonds. The molecule has 0 unspecified atom stereocenters. The van der Waals surface area contributed by atoms with Crippen molar-refractivity contribution in [2.75, 3.05) is 32.8 Å². The molecule has 1 saturated carbocycles. The van der Waals surface area contributed by atoms with Gasteiger partial charge in [-0.1, -0.05) is 0 Å². The van der Waals surface area contributed by atoms with Gasteiger partial charge in [0.25, 0.3) is 0 Å². The lowest BCUT2D eigenvalue weighted by atomic mass is 10.3. The van der Waals surface area contributed by atoms with Crippen LogP contribution >= 0.6 is 0 Å². The number of nitrogens with zero attached hydrogens (tertiary/aromatic N) is 1. The van der Waals surface area contributed by atoms with Crippen molar-refractivity contribution in [1.29, 1.82) is 0 Å². The van der Waals surface area contributed by atoms with Crippen LogP contribution in [0, 0.1) is 0 Å². The lowest BCUT2D eigenvalue weighted by Crippen LogP contribution is -2.34. The average molecular weight is 252 g/mol. The Labute approximate surface area is 109 Å². The Morgan fingerprint density at radius 2 is 2.33 bits per heavy atom. The summed E-state index contributed by atoms with van der Waals surface area (Å²) in [4.78, 5) is 2.51. The van der Waals surface area contributed by atoms with Gasteiger partial charge < -0.3 is 14.5 Å². The van der Waals surface area contributed by atoms with Crippen molar-refractivity contribution in [2.24, 2.45) is 0 Å². The predicted molar refractivity (Wildman–Crippen MR) is 71.5 cm³/mol. The zero-order chi connectivity index (χ0) is 12.6.